The Kier molecular flexibility index (Phi) is 6.65. The van der Waals surface area contributed by atoms with E-state index < -0.39 is 0 Å². The number of hydrazone groups is 1. The summed E-state index contributed by atoms with van der Waals surface area (Å²) in [4.78, 5) is 14.8. The van der Waals surface area contributed by atoms with Crippen LogP contribution in [-0.4, -0.2) is 56.8 Å². The molecular formula is C21H29N5O. The second-order valence-corrected chi connectivity index (χ2v) is 6.91. The predicted octanol–water partition coefficient (Wildman–Crippen LogP) is 2.47. The molecule has 0 radical (unpaired) electrons. The number of amides is 1. The first-order valence-corrected chi connectivity index (χ1v) is 9.64. The number of anilines is 1. The van der Waals surface area contributed by atoms with Crippen molar-refractivity contribution >= 4 is 23.4 Å². The molecule has 0 spiro atoms. The maximum Gasteiger partial charge on any atom is 0.253 e. The lowest BCUT2D eigenvalue weighted by Crippen LogP contribution is -2.46. The van der Waals surface area contributed by atoms with E-state index in [1.807, 2.05) is 30.1 Å². The van der Waals surface area contributed by atoms with Crippen molar-refractivity contribution < 1.29 is 4.79 Å². The lowest BCUT2D eigenvalue weighted by Gasteiger charge is -2.28. The quantitative estimate of drug-likeness (QED) is 0.768. The molecule has 0 unspecified atom stereocenters. The Labute approximate surface area is 161 Å². The lowest BCUT2D eigenvalue weighted by atomic mass is 9.94. The molecule has 3 rings (SSSR count). The Balaban J connectivity index is 1.87. The lowest BCUT2D eigenvalue weighted by molar-refractivity contribution is 0.0736. The first kappa shape index (κ1) is 19.2. The number of nitrogens with one attached hydrogen (secondary N) is 3. The molecule has 1 aromatic rings. The van der Waals surface area contributed by atoms with E-state index in [9.17, 15) is 4.79 Å². The molecule has 0 atom stereocenters. The average molecular weight is 367 g/mol. The highest BCUT2D eigenvalue weighted by Gasteiger charge is 2.19. The van der Waals surface area contributed by atoms with Crippen LogP contribution in [0.3, 0.4) is 0 Å². The van der Waals surface area contributed by atoms with Gasteiger partial charge in [0.2, 0.25) is 0 Å². The van der Waals surface area contributed by atoms with Gasteiger partial charge in [0, 0.05) is 56.3 Å². The molecule has 6 nitrogen and oxygen atoms in total. The summed E-state index contributed by atoms with van der Waals surface area (Å²) in [7, 11) is 1.92. The summed E-state index contributed by atoms with van der Waals surface area (Å²) in [5.74, 6) is 0.108. The van der Waals surface area contributed by atoms with Gasteiger partial charge in [0.15, 0.2) is 0 Å². The Morgan fingerprint density at radius 1 is 1.26 bits per heavy atom. The van der Waals surface area contributed by atoms with Crippen LogP contribution in [-0.2, 0) is 0 Å². The molecule has 1 aromatic carbocycles. The van der Waals surface area contributed by atoms with E-state index >= 15 is 0 Å². The van der Waals surface area contributed by atoms with Crippen molar-refractivity contribution in [1.29, 1.82) is 0 Å². The molecule has 6 heteroatoms. The summed E-state index contributed by atoms with van der Waals surface area (Å²) < 4.78 is 0. The van der Waals surface area contributed by atoms with E-state index in [2.05, 4.69) is 33.8 Å². The smallest absolute Gasteiger partial charge is 0.253 e. The molecular weight excluding hydrogens is 338 g/mol. The highest BCUT2D eigenvalue weighted by atomic mass is 16.2. The Hall–Kier alpha value is -2.60. The van der Waals surface area contributed by atoms with Gasteiger partial charge in [0.05, 0.1) is 6.54 Å². The van der Waals surface area contributed by atoms with Crippen LogP contribution in [0.2, 0.25) is 0 Å². The van der Waals surface area contributed by atoms with Gasteiger partial charge in [-0.3, -0.25) is 4.79 Å². The minimum Gasteiger partial charge on any atom is -0.388 e. The van der Waals surface area contributed by atoms with Gasteiger partial charge in [-0.1, -0.05) is 12.7 Å². The van der Waals surface area contributed by atoms with Gasteiger partial charge in [-0.15, -0.1) is 0 Å². The molecule has 0 bridgehead atoms. The van der Waals surface area contributed by atoms with E-state index in [0.29, 0.717) is 6.54 Å². The van der Waals surface area contributed by atoms with Gasteiger partial charge >= 0.3 is 0 Å². The van der Waals surface area contributed by atoms with Gasteiger partial charge in [-0.2, -0.15) is 5.10 Å². The van der Waals surface area contributed by atoms with Gasteiger partial charge in [-0.25, -0.2) is 0 Å². The van der Waals surface area contributed by atoms with Crippen molar-refractivity contribution in [2.45, 2.75) is 19.3 Å². The van der Waals surface area contributed by atoms with Crippen molar-refractivity contribution in [1.82, 2.24) is 15.6 Å². The molecule has 1 fully saturated rings. The zero-order valence-electron chi connectivity index (χ0n) is 16.1. The van der Waals surface area contributed by atoms with Crippen molar-refractivity contribution in [2.75, 3.05) is 45.1 Å². The number of nitrogens with zero attached hydrogens (tertiary/aromatic N) is 2. The van der Waals surface area contributed by atoms with E-state index in [0.717, 1.165) is 67.8 Å². The first-order chi connectivity index (χ1) is 13.2. The summed E-state index contributed by atoms with van der Waals surface area (Å²) in [6, 6.07) is 5.96. The van der Waals surface area contributed by atoms with Crippen LogP contribution in [0.5, 0.6) is 0 Å². The third kappa shape index (κ3) is 4.98. The van der Waals surface area contributed by atoms with Crippen molar-refractivity contribution in [3.05, 3.63) is 47.6 Å². The number of carbonyl (C=O) groups excluding carboxylic acids is 1. The van der Waals surface area contributed by atoms with E-state index in [1.165, 1.54) is 5.57 Å². The van der Waals surface area contributed by atoms with Gasteiger partial charge in [0.1, 0.15) is 0 Å². The molecule has 144 valence electrons. The maximum atomic E-state index is 12.9. The van der Waals surface area contributed by atoms with Gasteiger partial charge < -0.3 is 21.0 Å². The fourth-order valence-corrected chi connectivity index (χ4v) is 3.49. The second kappa shape index (κ2) is 9.37. The number of rotatable bonds is 3. The molecule has 1 amide bonds. The van der Waals surface area contributed by atoms with Crippen LogP contribution in [0.15, 0.2) is 41.5 Å². The van der Waals surface area contributed by atoms with Crippen LogP contribution in [0.4, 0.5) is 5.69 Å². The SMILES string of the molecule is C=C1/C=N\NC/C=C(/c2cc(C(=O)N3CCNCC3)ccc2NC)CCC1. The van der Waals surface area contributed by atoms with Gasteiger partial charge in [-0.05, 0) is 48.6 Å². The minimum atomic E-state index is 0.108. The Bertz CT molecular complexity index is 747. The predicted molar refractivity (Wildman–Crippen MR) is 112 cm³/mol. The van der Waals surface area contributed by atoms with E-state index in [4.69, 9.17) is 0 Å². The Morgan fingerprint density at radius 3 is 2.85 bits per heavy atom. The minimum absolute atomic E-state index is 0.108. The summed E-state index contributed by atoms with van der Waals surface area (Å²) in [5.41, 5.74) is 8.18. The molecule has 2 heterocycles. The number of hydrogen-bond donors (Lipinski definition) is 3. The fourth-order valence-electron chi connectivity index (χ4n) is 3.49. The maximum absolute atomic E-state index is 12.9. The molecule has 2 aliphatic rings. The molecule has 2 aliphatic heterocycles. The Morgan fingerprint density at radius 2 is 2.07 bits per heavy atom. The number of allylic oxidation sites excluding steroid dienone is 2. The summed E-state index contributed by atoms with van der Waals surface area (Å²) >= 11 is 0. The van der Waals surface area contributed by atoms with Crippen LogP contribution in [0.1, 0.15) is 35.2 Å². The number of carbonyl (C=O) groups is 1. The van der Waals surface area contributed by atoms with Crippen LogP contribution >= 0.6 is 0 Å². The van der Waals surface area contributed by atoms with Crippen molar-refractivity contribution in [3.8, 4) is 0 Å². The van der Waals surface area contributed by atoms with E-state index in [1.54, 1.807) is 6.21 Å². The number of piperazine rings is 1. The molecule has 0 aromatic heterocycles. The average Bonchev–Trinajstić information content (AvgIpc) is 2.72. The molecule has 0 aliphatic carbocycles. The van der Waals surface area contributed by atoms with Crippen LogP contribution < -0.4 is 16.1 Å². The summed E-state index contributed by atoms with van der Waals surface area (Å²) in [6.45, 7) is 7.91. The highest BCUT2D eigenvalue weighted by Crippen LogP contribution is 2.30. The second-order valence-electron chi connectivity index (χ2n) is 6.91. The topological polar surface area (TPSA) is 68.8 Å². The zero-order chi connectivity index (χ0) is 19.1. The zero-order valence-corrected chi connectivity index (χ0v) is 16.1. The van der Waals surface area contributed by atoms with E-state index in [-0.39, 0.29) is 5.91 Å². The largest absolute Gasteiger partial charge is 0.388 e. The summed E-state index contributed by atoms with van der Waals surface area (Å²) in [6.07, 6.45) is 6.83. The molecule has 3 N–H and O–H groups in total. The van der Waals surface area contributed by atoms with Crippen molar-refractivity contribution in [3.63, 3.8) is 0 Å². The standard InChI is InChI=1S/C21H29N5O/c1-16-4-3-5-17(8-9-24-25-15-16)19-14-18(6-7-20(19)22-2)21(27)26-12-10-23-11-13-26/h6-8,14-15,22-24H,1,3-5,9-13H2,2H3/b17-8+,25-15-. The third-order valence-corrected chi connectivity index (χ3v) is 5.01. The first-order valence-electron chi connectivity index (χ1n) is 9.64. The highest BCUT2D eigenvalue weighted by molar-refractivity contribution is 5.96. The third-order valence-electron chi connectivity index (χ3n) is 5.01. The van der Waals surface area contributed by atoms with Crippen LogP contribution in [0.25, 0.3) is 5.57 Å². The fraction of sp³-hybridized carbons (Fsp3) is 0.429. The molecule has 1 saturated heterocycles. The monoisotopic (exact) mass is 367 g/mol. The number of hydrogen-bond acceptors (Lipinski definition) is 5. The molecule has 27 heavy (non-hydrogen) atoms. The number of benzene rings is 1. The van der Waals surface area contributed by atoms with Crippen LogP contribution in [0, 0.1) is 0 Å². The summed E-state index contributed by atoms with van der Waals surface area (Å²) in [5, 5.41) is 10.7. The van der Waals surface area contributed by atoms with Crippen molar-refractivity contribution in [2.24, 2.45) is 5.10 Å². The normalized spacial score (nSPS) is 21.6. The van der Waals surface area contributed by atoms with Gasteiger partial charge in [0.25, 0.3) is 5.91 Å². The molecule has 0 saturated carbocycles.